The molecular weight excluding hydrogens is 179 g/mol. The molecule has 0 aliphatic carbocycles. The Morgan fingerprint density at radius 3 is 3.21 bits per heavy atom. The minimum absolute atomic E-state index is 0.213. The number of rotatable bonds is 1. The van der Waals surface area contributed by atoms with Gasteiger partial charge < -0.3 is 5.32 Å². The van der Waals surface area contributed by atoms with Crippen molar-refractivity contribution in [1.82, 2.24) is 0 Å². The zero-order chi connectivity index (χ0) is 9.97. The highest BCUT2D eigenvalue weighted by Crippen LogP contribution is 2.26. The van der Waals surface area contributed by atoms with E-state index in [9.17, 15) is 4.39 Å². The molecule has 72 valence electrons. The van der Waals surface area contributed by atoms with Crippen molar-refractivity contribution in [3.8, 4) is 6.07 Å². The summed E-state index contributed by atoms with van der Waals surface area (Å²) in [5, 5.41) is 11.7. The monoisotopic (exact) mass is 190 g/mol. The second kappa shape index (κ2) is 3.67. The number of nitriles is 1. The van der Waals surface area contributed by atoms with Crippen LogP contribution in [0.1, 0.15) is 12.0 Å². The summed E-state index contributed by atoms with van der Waals surface area (Å²) in [6.07, 6.45) is 1.43. The van der Waals surface area contributed by atoms with Crippen molar-refractivity contribution in [3.63, 3.8) is 0 Å². The van der Waals surface area contributed by atoms with Crippen LogP contribution >= 0.6 is 0 Å². The van der Waals surface area contributed by atoms with Gasteiger partial charge in [-0.05, 0) is 30.0 Å². The fourth-order valence-corrected chi connectivity index (χ4v) is 1.80. The molecule has 1 aromatic rings. The number of hydrogen-bond donors (Lipinski definition) is 1. The number of benzene rings is 1. The Bertz CT molecular complexity index is 381. The van der Waals surface area contributed by atoms with Gasteiger partial charge in [0, 0.05) is 18.7 Å². The fraction of sp³-hybridized carbons (Fsp3) is 0.364. The molecule has 14 heavy (non-hydrogen) atoms. The number of hydrogen-bond acceptors (Lipinski definition) is 2. The van der Waals surface area contributed by atoms with Gasteiger partial charge in [0.25, 0.3) is 0 Å². The number of anilines is 1. The molecule has 3 heteroatoms. The van der Waals surface area contributed by atoms with Gasteiger partial charge in [-0.15, -0.1) is 0 Å². The molecule has 1 N–H and O–H groups in total. The summed E-state index contributed by atoms with van der Waals surface area (Å²) in [6.45, 7) is 0.768. The SMILES string of the molecule is N#CCC1CNc2cc(F)ccc2C1. The molecule has 0 amide bonds. The molecule has 0 fully saturated rings. The van der Waals surface area contributed by atoms with Gasteiger partial charge in [-0.1, -0.05) is 6.07 Å². The Kier molecular flexibility index (Phi) is 2.36. The zero-order valence-electron chi connectivity index (χ0n) is 7.76. The van der Waals surface area contributed by atoms with Crippen LogP contribution in [0.4, 0.5) is 10.1 Å². The topological polar surface area (TPSA) is 35.8 Å². The summed E-state index contributed by atoms with van der Waals surface area (Å²) in [5.74, 6) is 0.146. The lowest BCUT2D eigenvalue weighted by atomic mass is 9.92. The van der Waals surface area contributed by atoms with Crippen molar-refractivity contribution in [2.75, 3.05) is 11.9 Å². The van der Waals surface area contributed by atoms with E-state index in [1.54, 1.807) is 6.07 Å². The van der Waals surface area contributed by atoms with Crippen LogP contribution in [0.2, 0.25) is 0 Å². The first-order chi connectivity index (χ1) is 6.79. The van der Waals surface area contributed by atoms with E-state index in [0.717, 1.165) is 24.2 Å². The Hall–Kier alpha value is -1.56. The summed E-state index contributed by atoms with van der Waals surface area (Å²) in [7, 11) is 0. The summed E-state index contributed by atoms with van der Waals surface area (Å²) in [6, 6.07) is 6.94. The van der Waals surface area contributed by atoms with E-state index in [2.05, 4.69) is 11.4 Å². The first-order valence-electron chi connectivity index (χ1n) is 4.69. The van der Waals surface area contributed by atoms with Gasteiger partial charge in [0.15, 0.2) is 0 Å². The second-order valence-electron chi connectivity index (χ2n) is 3.61. The molecule has 2 rings (SSSR count). The maximum Gasteiger partial charge on any atom is 0.125 e. The Balaban J connectivity index is 2.20. The highest BCUT2D eigenvalue weighted by atomic mass is 19.1. The van der Waals surface area contributed by atoms with Crippen LogP contribution in [-0.4, -0.2) is 6.54 Å². The average Bonchev–Trinajstić information content (AvgIpc) is 2.19. The number of nitrogens with zero attached hydrogens (tertiary/aromatic N) is 1. The molecule has 1 atom stereocenters. The molecule has 0 saturated carbocycles. The third-order valence-electron chi connectivity index (χ3n) is 2.54. The van der Waals surface area contributed by atoms with Crippen LogP contribution in [0.5, 0.6) is 0 Å². The highest BCUT2D eigenvalue weighted by Gasteiger charge is 2.17. The minimum Gasteiger partial charge on any atom is -0.384 e. The summed E-state index contributed by atoms with van der Waals surface area (Å²) in [5.41, 5.74) is 1.98. The standard InChI is InChI=1S/C11H11FN2/c12-10-2-1-9-5-8(3-4-13)7-14-11(9)6-10/h1-2,6,8,14H,3,5,7H2. The lowest BCUT2D eigenvalue weighted by Crippen LogP contribution is -2.22. The second-order valence-corrected chi connectivity index (χ2v) is 3.61. The number of nitrogens with one attached hydrogen (secondary N) is 1. The molecule has 0 spiro atoms. The third kappa shape index (κ3) is 1.69. The molecule has 1 heterocycles. The summed E-state index contributed by atoms with van der Waals surface area (Å²) in [4.78, 5) is 0. The third-order valence-corrected chi connectivity index (χ3v) is 2.54. The van der Waals surface area contributed by atoms with Crippen molar-refractivity contribution >= 4 is 5.69 Å². The Labute approximate surface area is 82.4 Å². The van der Waals surface area contributed by atoms with Gasteiger partial charge in [-0.25, -0.2) is 4.39 Å². The van der Waals surface area contributed by atoms with Crippen LogP contribution < -0.4 is 5.32 Å². The molecule has 0 radical (unpaired) electrons. The van der Waals surface area contributed by atoms with Crippen LogP contribution in [0.15, 0.2) is 18.2 Å². The quantitative estimate of drug-likeness (QED) is 0.737. The molecule has 0 bridgehead atoms. The van der Waals surface area contributed by atoms with E-state index >= 15 is 0 Å². The van der Waals surface area contributed by atoms with Gasteiger partial charge in [0.05, 0.1) is 6.07 Å². The molecule has 0 aromatic heterocycles. The van der Waals surface area contributed by atoms with Gasteiger partial charge in [0.1, 0.15) is 5.82 Å². The van der Waals surface area contributed by atoms with E-state index in [-0.39, 0.29) is 5.82 Å². The molecule has 1 unspecified atom stereocenters. The Morgan fingerprint density at radius 2 is 2.43 bits per heavy atom. The summed E-state index contributed by atoms with van der Waals surface area (Å²) < 4.78 is 12.8. The first kappa shape index (κ1) is 9.01. The number of fused-ring (bicyclic) bond motifs is 1. The van der Waals surface area contributed by atoms with Gasteiger partial charge >= 0.3 is 0 Å². The lowest BCUT2D eigenvalue weighted by molar-refractivity contribution is 0.548. The van der Waals surface area contributed by atoms with E-state index < -0.39 is 0 Å². The average molecular weight is 190 g/mol. The van der Waals surface area contributed by atoms with Crippen molar-refractivity contribution in [3.05, 3.63) is 29.6 Å². The van der Waals surface area contributed by atoms with Gasteiger partial charge in [-0.2, -0.15) is 5.26 Å². The van der Waals surface area contributed by atoms with E-state index in [1.165, 1.54) is 12.1 Å². The Morgan fingerprint density at radius 1 is 1.57 bits per heavy atom. The van der Waals surface area contributed by atoms with Crippen molar-refractivity contribution in [2.24, 2.45) is 5.92 Å². The molecular formula is C11H11FN2. The first-order valence-corrected chi connectivity index (χ1v) is 4.69. The van der Waals surface area contributed by atoms with E-state index in [0.29, 0.717) is 12.3 Å². The van der Waals surface area contributed by atoms with E-state index in [4.69, 9.17) is 5.26 Å². The lowest BCUT2D eigenvalue weighted by Gasteiger charge is -2.24. The molecule has 1 aliphatic rings. The van der Waals surface area contributed by atoms with E-state index in [1.807, 2.05) is 0 Å². The van der Waals surface area contributed by atoms with Crippen molar-refractivity contribution < 1.29 is 4.39 Å². The normalized spacial score (nSPS) is 19.3. The van der Waals surface area contributed by atoms with Crippen molar-refractivity contribution in [1.29, 1.82) is 5.26 Å². The molecule has 2 nitrogen and oxygen atoms in total. The summed E-state index contributed by atoms with van der Waals surface area (Å²) >= 11 is 0. The molecule has 1 aliphatic heterocycles. The van der Waals surface area contributed by atoms with Crippen LogP contribution in [0, 0.1) is 23.1 Å². The van der Waals surface area contributed by atoms with Crippen LogP contribution in [0.3, 0.4) is 0 Å². The maximum absolute atomic E-state index is 12.8. The minimum atomic E-state index is -0.213. The van der Waals surface area contributed by atoms with Gasteiger partial charge in [0.2, 0.25) is 0 Å². The van der Waals surface area contributed by atoms with Crippen molar-refractivity contribution in [2.45, 2.75) is 12.8 Å². The smallest absolute Gasteiger partial charge is 0.125 e. The predicted octanol–water partition coefficient (Wildman–Crippen LogP) is 2.32. The van der Waals surface area contributed by atoms with Crippen LogP contribution in [0.25, 0.3) is 0 Å². The fourth-order valence-electron chi connectivity index (χ4n) is 1.80. The van der Waals surface area contributed by atoms with Gasteiger partial charge in [-0.3, -0.25) is 0 Å². The molecule has 0 saturated heterocycles. The largest absolute Gasteiger partial charge is 0.384 e. The van der Waals surface area contributed by atoms with Crippen LogP contribution in [-0.2, 0) is 6.42 Å². The maximum atomic E-state index is 12.8. The zero-order valence-corrected chi connectivity index (χ0v) is 7.76. The predicted molar refractivity (Wildman–Crippen MR) is 52.3 cm³/mol. The molecule has 1 aromatic carbocycles. The number of halogens is 1. The highest BCUT2D eigenvalue weighted by molar-refractivity contribution is 5.53.